The smallest absolute Gasteiger partial charge is 0.327 e. The number of hydrogen-bond donors (Lipinski definition) is 4. The summed E-state index contributed by atoms with van der Waals surface area (Å²) in [5.74, 6) is -0.619. The van der Waals surface area contributed by atoms with E-state index in [9.17, 15) is 25.2 Å². The van der Waals surface area contributed by atoms with Gasteiger partial charge in [-0.15, -0.1) is 4.99 Å². The van der Waals surface area contributed by atoms with E-state index < -0.39 is 30.9 Å². The molecule has 2 saturated heterocycles. The second-order valence-corrected chi connectivity index (χ2v) is 6.19. The molecule has 0 bridgehead atoms. The van der Waals surface area contributed by atoms with Crippen LogP contribution >= 0.6 is 0 Å². The van der Waals surface area contributed by atoms with Gasteiger partial charge in [-0.2, -0.15) is 0 Å². The highest BCUT2D eigenvalue weighted by molar-refractivity contribution is 5.69. The number of aliphatic hydroxyl groups is 4. The molecule has 0 saturated carbocycles. The summed E-state index contributed by atoms with van der Waals surface area (Å²) >= 11 is 0. The van der Waals surface area contributed by atoms with Crippen molar-refractivity contribution in [3.05, 3.63) is 0 Å². The van der Waals surface area contributed by atoms with E-state index in [1.807, 2.05) is 0 Å². The lowest BCUT2D eigenvalue weighted by Crippen LogP contribution is -2.38. The first kappa shape index (κ1) is 22.4. The van der Waals surface area contributed by atoms with Crippen molar-refractivity contribution in [2.24, 2.45) is 0 Å². The highest BCUT2D eigenvalue weighted by atomic mass is 17.3. The summed E-state index contributed by atoms with van der Waals surface area (Å²) in [7, 11) is 0. The van der Waals surface area contributed by atoms with E-state index in [2.05, 4.69) is 0 Å². The molecule has 2 heterocycles. The van der Waals surface area contributed by atoms with E-state index in [1.54, 1.807) is 0 Å². The van der Waals surface area contributed by atoms with Crippen LogP contribution in [0.4, 0.5) is 0 Å². The van der Waals surface area contributed by atoms with Gasteiger partial charge in [-0.3, -0.25) is 4.79 Å². The first-order valence-electron chi connectivity index (χ1n) is 8.94. The average molecular weight is 396 g/mol. The topological polar surface area (TPSA) is 151 Å². The van der Waals surface area contributed by atoms with Crippen LogP contribution in [0, 0.1) is 0 Å². The molecule has 12 heteroatoms. The number of hydroxylamine groups is 4. The number of hydrogen-bond acceptors (Lipinski definition) is 12. The van der Waals surface area contributed by atoms with Crippen LogP contribution in [0.25, 0.3) is 0 Å². The molecule has 4 N–H and O–H groups in total. The molecule has 0 aliphatic carbocycles. The molecule has 0 aromatic carbocycles. The maximum absolute atomic E-state index is 11.6. The van der Waals surface area contributed by atoms with Crippen molar-refractivity contribution in [1.29, 1.82) is 0 Å². The lowest BCUT2D eigenvalue weighted by molar-refractivity contribution is -0.468. The molecule has 0 radical (unpaired) electrons. The van der Waals surface area contributed by atoms with Crippen LogP contribution in [0.3, 0.4) is 0 Å². The van der Waals surface area contributed by atoms with Gasteiger partial charge in [0.2, 0.25) is 0 Å². The second kappa shape index (κ2) is 11.8. The molecule has 2 aliphatic rings. The predicted octanol–water partition coefficient (Wildman–Crippen LogP) is -1.46. The Hall–Kier alpha value is -0.930. The maximum Gasteiger partial charge on any atom is 0.327 e. The molecule has 0 spiro atoms. The third-order valence-electron chi connectivity index (χ3n) is 4.02. The molecule has 0 amide bonds. The molecule has 158 valence electrons. The zero-order valence-electron chi connectivity index (χ0n) is 15.0. The van der Waals surface area contributed by atoms with Crippen molar-refractivity contribution in [2.75, 3.05) is 26.6 Å². The van der Waals surface area contributed by atoms with E-state index in [1.165, 1.54) is 0 Å². The Morgan fingerprint density at radius 2 is 1.37 bits per heavy atom. The molecule has 4 atom stereocenters. The molecule has 12 nitrogen and oxygen atoms in total. The summed E-state index contributed by atoms with van der Waals surface area (Å²) in [6, 6.07) is 0. The number of carbonyl (C=O) groups excluding carboxylic acids is 1. The summed E-state index contributed by atoms with van der Waals surface area (Å²) in [5, 5.41) is 39.9. The lowest BCUT2D eigenvalue weighted by atomic mass is 10.3. The minimum Gasteiger partial charge on any atom is -0.376 e. The zero-order valence-corrected chi connectivity index (χ0v) is 15.0. The number of rotatable bonds is 12. The number of ether oxygens (including phenoxy) is 2. The Bertz CT molecular complexity index is 423. The monoisotopic (exact) mass is 396 g/mol. The molecule has 2 rings (SSSR count). The van der Waals surface area contributed by atoms with Gasteiger partial charge in [-0.1, -0.05) is 10.1 Å². The van der Waals surface area contributed by atoms with Crippen molar-refractivity contribution >= 4 is 5.97 Å². The number of nitrogens with zero attached hydrogens (tertiary/aromatic N) is 2. The standard InChI is InChI=1S/C15H28N2O10/c18-11-2-3-12(19)16(11)26-15(22)6-9-24-10-23-7-1-8-25-27-17-13(20)4-5-14(17)21/h11-14,18-21H,1-10H2. The summed E-state index contributed by atoms with van der Waals surface area (Å²) in [6.07, 6.45) is -1.78. The lowest BCUT2D eigenvalue weighted by Gasteiger charge is -2.21. The van der Waals surface area contributed by atoms with E-state index in [0.717, 1.165) is 10.1 Å². The molecule has 4 unspecified atom stereocenters. The molecular formula is C15H28N2O10. The van der Waals surface area contributed by atoms with Gasteiger partial charge in [0.05, 0.1) is 26.2 Å². The quantitative estimate of drug-likeness (QED) is 0.132. The normalized spacial score (nSPS) is 29.5. The highest BCUT2D eigenvalue weighted by Gasteiger charge is 2.34. The van der Waals surface area contributed by atoms with Crippen molar-refractivity contribution in [3.8, 4) is 0 Å². The summed E-state index contributed by atoms with van der Waals surface area (Å²) in [6.45, 7) is 0.573. The third kappa shape index (κ3) is 7.54. The molecule has 27 heavy (non-hydrogen) atoms. The Morgan fingerprint density at radius 3 is 2.00 bits per heavy atom. The van der Waals surface area contributed by atoms with Crippen LogP contribution in [0.15, 0.2) is 0 Å². The molecule has 0 aromatic heterocycles. The fraction of sp³-hybridized carbons (Fsp3) is 0.933. The van der Waals surface area contributed by atoms with E-state index in [0.29, 0.717) is 38.7 Å². The third-order valence-corrected chi connectivity index (χ3v) is 4.02. The summed E-state index contributed by atoms with van der Waals surface area (Å²) in [5.41, 5.74) is 0. The van der Waals surface area contributed by atoms with Crippen molar-refractivity contribution in [2.45, 2.75) is 63.4 Å². The van der Waals surface area contributed by atoms with Crippen LogP contribution in [0.2, 0.25) is 0 Å². The van der Waals surface area contributed by atoms with Gasteiger partial charge < -0.3 is 34.7 Å². The van der Waals surface area contributed by atoms with Crippen molar-refractivity contribution < 1.29 is 49.4 Å². The molecular weight excluding hydrogens is 368 g/mol. The fourth-order valence-corrected chi connectivity index (χ4v) is 2.54. The van der Waals surface area contributed by atoms with Crippen LogP contribution in [0.1, 0.15) is 38.5 Å². The minimum atomic E-state index is -0.989. The van der Waals surface area contributed by atoms with Gasteiger partial charge in [0.1, 0.15) is 31.7 Å². The number of aliphatic hydroxyl groups excluding tert-OH is 4. The Kier molecular flexibility index (Phi) is 9.78. The summed E-state index contributed by atoms with van der Waals surface area (Å²) < 4.78 is 10.3. The van der Waals surface area contributed by atoms with Crippen LogP contribution in [-0.2, 0) is 29.0 Å². The zero-order chi connectivity index (χ0) is 19.6. The van der Waals surface area contributed by atoms with Crippen LogP contribution < -0.4 is 0 Å². The predicted molar refractivity (Wildman–Crippen MR) is 85.3 cm³/mol. The fourth-order valence-electron chi connectivity index (χ4n) is 2.54. The highest BCUT2D eigenvalue weighted by Crippen LogP contribution is 2.21. The second-order valence-electron chi connectivity index (χ2n) is 6.19. The van der Waals surface area contributed by atoms with E-state index >= 15 is 0 Å². The molecule has 2 fully saturated rings. The van der Waals surface area contributed by atoms with E-state index in [-0.39, 0.29) is 26.4 Å². The van der Waals surface area contributed by atoms with Gasteiger partial charge in [0.25, 0.3) is 0 Å². The maximum atomic E-state index is 11.6. The van der Waals surface area contributed by atoms with Crippen molar-refractivity contribution in [1.82, 2.24) is 10.1 Å². The van der Waals surface area contributed by atoms with Gasteiger partial charge in [0, 0.05) is 0 Å². The van der Waals surface area contributed by atoms with E-state index in [4.69, 9.17) is 24.2 Å². The number of carbonyl (C=O) groups is 1. The van der Waals surface area contributed by atoms with Crippen LogP contribution in [-0.4, -0.2) is 88.0 Å². The first-order valence-corrected chi connectivity index (χ1v) is 8.94. The minimum absolute atomic E-state index is 0.0212. The van der Waals surface area contributed by atoms with Crippen molar-refractivity contribution in [3.63, 3.8) is 0 Å². The average Bonchev–Trinajstić information content (AvgIpc) is 3.13. The van der Waals surface area contributed by atoms with Gasteiger partial charge in [0.15, 0.2) is 0 Å². The largest absolute Gasteiger partial charge is 0.376 e. The Morgan fingerprint density at radius 1 is 0.815 bits per heavy atom. The molecule has 2 aliphatic heterocycles. The van der Waals surface area contributed by atoms with Gasteiger partial charge >= 0.3 is 5.97 Å². The van der Waals surface area contributed by atoms with Gasteiger partial charge in [-0.25, -0.2) is 4.89 Å². The SMILES string of the molecule is O=C(CCOCOCCCOON1C(O)CCC1O)ON1C(O)CCC1O. The Balaban J connectivity index is 1.38. The molecule has 0 aromatic rings. The van der Waals surface area contributed by atoms with Crippen LogP contribution in [0.5, 0.6) is 0 Å². The first-order chi connectivity index (χ1) is 13.0. The Labute approximate surface area is 156 Å². The van der Waals surface area contributed by atoms with Gasteiger partial charge in [-0.05, 0) is 32.1 Å². The summed E-state index contributed by atoms with van der Waals surface area (Å²) in [4.78, 5) is 26.1.